The van der Waals surface area contributed by atoms with Crippen molar-refractivity contribution in [2.75, 3.05) is 33.0 Å². The van der Waals surface area contributed by atoms with Gasteiger partial charge in [-0.05, 0) is 13.0 Å². The topological polar surface area (TPSA) is 729 Å². The zero-order valence-corrected chi connectivity index (χ0v) is 51.5. The van der Waals surface area contributed by atoms with Crippen LogP contribution in [0.3, 0.4) is 0 Å². The van der Waals surface area contributed by atoms with Crippen LogP contribution in [0, 0.1) is 0 Å². The lowest BCUT2D eigenvalue weighted by Gasteiger charge is -2.50. The van der Waals surface area contributed by atoms with Crippen LogP contribution in [0.5, 0.6) is 0 Å². The number of nitrogens with two attached hydrogens (primary N) is 1. The lowest BCUT2D eigenvalue weighted by atomic mass is 9.93. The Morgan fingerprint density at radius 3 is 0.958 bits per heavy atom. The molecule has 0 aromatic heterocycles. The molecule has 50 heteroatoms. The molecule has 6 saturated heterocycles. The first-order valence-electron chi connectivity index (χ1n) is 27.7. The molecule has 30 atom stereocenters. The van der Waals surface area contributed by atoms with Crippen molar-refractivity contribution in [1.82, 2.24) is 16.0 Å². The van der Waals surface area contributed by atoms with Crippen LogP contribution >= 0.6 is 0 Å². The van der Waals surface area contributed by atoms with E-state index in [0.717, 1.165) is 20.8 Å². The molecule has 6 fully saturated rings. The number of carbonyl (C=O) groups excluding carboxylic acids is 3. The minimum atomic E-state index is -5.95. The molecule has 0 aromatic rings. The summed E-state index contributed by atoms with van der Waals surface area (Å²) in [5.74, 6) is -9.49. The fraction of sp³-hybridized carbons (Fsp3) is 0.867. The van der Waals surface area contributed by atoms with E-state index < -0.39 is 271 Å². The van der Waals surface area contributed by atoms with Crippen LogP contribution in [0.25, 0.3) is 0 Å². The van der Waals surface area contributed by atoms with Gasteiger partial charge in [0, 0.05) is 20.8 Å². The fourth-order valence-corrected chi connectivity index (χ4v) is 12.2. The normalized spacial score (nSPS) is 41.3. The predicted molar refractivity (Wildman–Crippen MR) is 284 cm³/mol. The Morgan fingerprint density at radius 1 is 0.389 bits per heavy atom. The van der Waals surface area contributed by atoms with Gasteiger partial charge in [0.05, 0.1) is 26.4 Å². The van der Waals surface area contributed by atoms with Crippen LogP contribution in [0.15, 0.2) is 0 Å². The number of ether oxygens (including phenoxy) is 12. The predicted octanol–water partition coefficient (Wildman–Crippen LogP) is -13.5. The number of aliphatic hydroxyl groups is 10. The molecule has 0 bridgehead atoms. The average Bonchev–Trinajstić information content (AvgIpc) is 0.769. The summed E-state index contributed by atoms with van der Waals surface area (Å²) in [6.45, 7) is -1.82. The lowest BCUT2D eigenvalue weighted by Crippen LogP contribution is -2.71. The second kappa shape index (κ2) is 33.1. The lowest BCUT2D eigenvalue weighted by molar-refractivity contribution is -0.376. The highest BCUT2D eigenvalue weighted by atomic mass is 32.3. The van der Waals surface area contributed by atoms with E-state index in [4.69, 9.17) is 62.6 Å². The van der Waals surface area contributed by atoms with Crippen LogP contribution in [0.1, 0.15) is 27.2 Å². The molecule has 0 saturated carbocycles. The number of hydrogen-bond acceptors (Lipinski definition) is 38. The highest BCUT2D eigenvalue weighted by Crippen LogP contribution is 2.39. The zero-order valence-electron chi connectivity index (χ0n) is 49.0. The third-order valence-electron chi connectivity index (χ3n) is 14.8. The van der Waals surface area contributed by atoms with Gasteiger partial charge in [0.25, 0.3) is 0 Å². The third-order valence-corrected chi connectivity index (χ3v) is 16.2. The molecule has 21 N–H and O–H groups in total. The maximum atomic E-state index is 13.1. The van der Waals surface area contributed by atoms with Gasteiger partial charge in [-0.3, -0.25) is 28.0 Å². The number of nitrogens with one attached hydrogen (secondary N) is 3. The van der Waals surface area contributed by atoms with Crippen molar-refractivity contribution in [3.05, 3.63) is 0 Å². The zero-order chi connectivity index (χ0) is 71.3. The maximum absolute atomic E-state index is 13.1. The van der Waals surface area contributed by atoms with Gasteiger partial charge in [-0.25, -0.2) is 26.9 Å². The number of carboxylic acid groups (broad SMARTS) is 3. The first-order chi connectivity index (χ1) is 44.1. The SMILES string of the molecule is CC(=O)N[C@H]1[C@@H](O[C@H]2[C@H](O)[C@@H](OS(=O)(=O)O)[C@H](O[C@H]3[C@H](O)[C@@H](NC(C)=O)[C@@H](O[C@H]4[C@H](O)[C@@H](OS(=O)(=O)O)[C@H](OCCCN)O[C@H]4C(=O)O)O[C@@H]3CO)O[C@H]2C(=O)O)O[C@H](CO)[C@@H](O[C@@H]2O[C@H](C(=O)O)[C@@H](O[C@H]3O[C@H](CO)[C@@H](O)[C@H](O)[C@H]3NC(C)=O)[C@H](O)[C@H]2OS(=O)(=O)O)[C@@H]1O. The highest BCUT2D eigenvalue weighted by Gasteiger charge is 2.62. The maximum Gasteiger partial charge on any atom is 0.397 e. The molecule has 548 valence electrons. The molecule has 6 heterocycles. The van der Waals surface area contributed by atoms with Crippen molar-refractivity contribution in [2.45, 2.75) is 211 Å². The van der Waals surface area contributed by atoms with E-state index in [2.05, 4.69) is 28.5 Å². The number of amides is 3. The standard InChI is InChI=1S/C45H72N4O43S3/c1-10(53)47-16-20(57)19(56)13(7-50)79-40(16)84-29-24(61)32(91-94(72,73)74)44(88-35(29)38(65)66)82-27-15(9-52)81-42(18(22(27)59)49-12(3)55)86-30-25(62)33(92-95(75,76)77)45(89-36(30)39(67)68)83-26-14(8-51)80-41(17(21(26)58)48-11(2)54)85-28-23(60)31(90-93(69,70)71)43(78-6-4-5-46)87-34(28)37(63)64/h13-36,40-45,50-52,56-62H,4-9,46H2,1-3H3,(H,47,53)(H,48,54)(H,49,55)(H,63,64)(H,65,66)(H,67,68)(H,69,70,71)(H,72,73,74)(H,75,76,77)/t13-,14-,15-,16-,17-,18-,19-,20-,21-,22-,23+,24+,25+,26-,27-,28+,29+,30+,31-,32-,33-,34-,35+,36-,40-,41-,42-,43-,44-,45-/m1/s1. The Morgan fingerprint density at radius 2 is 0.674 bits per heavy atom. The summed E-state index contributed by atoms with van der Waals surface area (Å²) in [5, 5.41) is 148. The first-order valence-corrected chi connectivity index (χ1v) is 31.8. The molecular formula is C45H72N4O43S3. The molecule has 0 aromatic carbocycles. The number of hydrogen-bond donors (Lipinski definition) is 20. The Hall–Kier alpha value is -4.49. The Bertz CT molecular complexity index is 3000. The van der Waals surface area contributed by atoms with Crippen molar-refractivity contribution in [3.8, 4) is 0 Å². The fourth-order valence-electron chi connectivity index (χ4n) is 10.7. The number of carboxylic acids is 3. The summed E-state index contributed by atoms with van der Waals surface area (Å²) in [7, 11) is -17.3. The minimum absolute atomic E-state index is 0.0352. The van der Waals surface area contributed by atoms with Crippen LogP contribution in [0.2, 0.25) is 0 Å². The second-order valence-electron chi connectivity index (χ2n) is 21.6. The van der Waals surface area contributed by atoms with E-state index >= 15 is 0 Å². The second-order valence-corrected chi connectivity index (χ2v) is 24.7. The van der Waals surface area contributed by atoms with E-state index in [-0.39, 0.29) is 19.6 Å². The monoisotopic (exact) mass is 1450 g/mol. The van der Waals surface area contributed by atoms with Gasteiger partial charge in [0.1, 0.15) is 110 Å². The molecule has 0 spiro atoms. The molecule has 3 amide bonds. The third kappa shape index (κ3) is 19.9. The molecule has 47 nitrogen and oxygen atoms in total. The Labute approximate surface area is 534 Å². The van der Waals surface area contributed by atoms with Crippen LogP contribution in [-0.2, 0) is 129 Å². The molecule has 6 rings (SSSR count). The van der Waals surface area contributed by atoms with Crippen molar-refractivity contribution in [2.24, 2.45) is 5.73 Å². The molecule has 0 unspecified atom stereocenters. The van der Waals surface area contributed by atoms with Gasteiger partial charge in [-0.2, -0.15) is 25.3 Å². The van der Waals surface area contributed by atoms with Gasteiger partial charge in [-0.15, -0.1) is 0 Å². The van der Waals surface area contributed by atoms with Gasteiger partial charge >= 0.3 is 49.1 Å². The van der Waals surface area contributed by atoms with E-state index in [1.54, 1.807) is 0 Å². The van der Waals surface area contributed by atoms with E-state index in [1.165, 1.54) is 0 Å². The number of aliphatic hydroxyl groups excluding tert-OH is 10. The molecule has 6 aliphatic rings. The van der Waals surface area contributed by atoms with E-state index in [9.17, 15) is 134 Å². The Kier molecular flexibility index (Phi) is 27.7. The summed E-state index contributed by atoms with van der Waals surface area (Å²) < 4.78 is 183. The molecule has 0 radical (unpaired) electrons. The molecule has 0 aliphatic carbocycles. The smallest absolute Gasteiger partial charge is 0.397 e. The van der Waals surface area contributed by atoms with Gasteiger partial charge in [0.2, 0.25) is 17.7 Å². The van der Waals surface area contributed by atoms with Crippen molar-refractivity contribution >= 4 is 66.8 Å². The largest absolute Gasteiger partial charge is 0.479 e. The summed E-state index contributed by atoms with van der Waals surface area (Å²) in [6.07, 6.45) is -66.3. The molecule has 95 heavy (non-hydrogen) atoms. The molecule has 6 aliphatic heterocycles. The van der Waals surface area contributed by atoms with E-state index in [0.29, 0.717) is 0 Å². The van der Waals surface area contributed by atoms with Gasteiger partial charge in [-0.1, -0.05) is 0 Å². The van der Waals surface area contributed by atoms with Crippen molar-refractivity contribution < 1.29 is 203 Å². The minimum Gasteiger partial charge on any atom is -0.479 e. The Balaban J connectivity index is 1.29. The summed E-state index contributed by atoms with van der Waals surface area (Å²) in [6, 6.07) is -6.31. The van der Waals surface area contributed by atoms with E-state index in [1.807, 2.05) is 0 Å². The number of aliphatic carboxylic acids is 3. The number of rotatable bonds is 29. The van der Waals surface area contributed by atoms with Gasteiger partial charge < -0.3 is 145 Å². The van der Waals surface area contributed by atoms with Crippen LogP contribution < -0.4 is 21.7 Å². The van der Waals surface area contributed by atoms with Crippen LogP contribution in [0.4, 0.5) is 0 Å². The van der Waals surface area contributed by atoms with Crippen LogP contribution in [-0.4, -0.2) is 358 Å². The summed E-state index contributed by atoms with van der Waals surface area (Å²) in [5.41, 5.74) is 5.44. The highest BCUT2D eigenvalue weighted by molar-refractivity contribution is 7.81. The summed E-state index contributed by atoms with van der Waals surface area (Å²) >= 11 is 0. The number of carbonyl (C=O) groups is 6. The van der Waals surface area contributed by atoms with Crippen molar-refractivity contribution in [1.29, 1.82) is 0 Å². The first kappa shape index (κ1) is 79.5. The van der Waals surface area contributed by atoms with Crippen molar-refractivity contribution in [3.63, 3.8) is 0 Å². The summed E-state index contributed by atoms with van der Waals surface area (Å²) in [4.78, 5) is 76.0. The average molecular weight is 1450 g/mol. The molecular weight excluding hydrogens is 1380 g/mol. The quantitative estimate of drug-likeness (QED) is 0.0244. The van der Waals surface area contributed by atoms with Gasteiger partial charge in [0.15, 0.2) is 74.4 Å².